The fraction of sp³-hybridized carbons (Fsp3) is 0.440. The van der Waals surface area contributed by atoms with Crippen LogP contribution < -0.4 is 9.47 Å². The van der Waals surface area contributed by atoms with Crippen LogP contribution in [0.3, 0.4) is 0 Å². The highest BCUT2D eigenvalue weighted by atomic mass is 32.2. The van der Waals surface area contributed by atoms with Crippen molar-refractivity contribution in [2.75, 3.05) is 26.0 Å². The molecule has 9 heteroatoms. The van der Waals surface area contributed by atoms with Gasteiger partial charge in [0.25, 0.3) is 5.19 Å². The Bertz CT molecular complexity index is 1220. The molecule has 1 aromatic heterocycles. The fourth-order valence-corrected chi connectivity index (χ4v) is 6.47. The maximum Gasteiger partial charge on any atom is 0.274 e. The first-order valence-electron chi connectivity index (χ1n) is 11.4. The van der Waals surface area contributed by atoms with E-state index in [4.69, 9.17) is 9.47 Å². The number of carbonyl (C=O) groups excluding carboxylic acids is 1. The zero-order valence-corrected chi connectivity index (χ0v) is 21.4. The van der Waals surface area contributed by atoms with Gasteiger partial charge in [-0.15, -0.1) is 0 Å². The largest absolute Gasteiger partial charge is 0.497 e. The summed E-state index contributed by atoms with van der Waals surface area (Å²) in [5.41, 5.74) is 3.33. The summed E-state index contributed by atoms with van der Waals surface area (Å²) < 4.78 is 37.4. The van der Waals surface area contributed by atoms with Crippen LogP contribution in [0.4, 0.5) is 0 Å². The van der Waals surface area contributed by atoms with E-state index in [2.05, 4.69) is 31.0 Å². The van der Waals surface area contributed by atoms with Crippen LogP contribution >= 0.6 is 11.3 Å². The van der Waals surface area contributed by atoms with Crippen LogP contribution in [0.2, 0.25) is 0 Å². The maximum absolute atomic E-state index is 12.6. The fourth-order valence-electron chi connectivity index (χ4n) is 4.13. The van der Waals surface area contributed by atoms with E-state index in [1.54, 1.807) is 23.5 Å². The summed E-state index contributed by atoms with van der Waals surface area (Å²) in [6, 6.07) is 10.5. The molecule has 4 rings (SSSR count). The monoisotopic (exact) mass is 502 g/mol. The number of methoxy groups -OCH3 is 1. The maximum atomic E-state index is 12.6. The molecule has 1 fully saturated rings. The van der Waals surface area contributed by atoms with Gasteiger partial charge in [-0.25, -0.2) is 13.4 Å². The van der Waals surface area contributed by atoms with E-state index >= 15 is 0 Å². The second-order valence-corrected chi connectivity index (χ2v) is 11.7. The Labute approximate surface area is 204 Å². The lowest BCUT2D eigenvalue weighted by Crippen LogP contribution is -2.41. The van der Waals surface area contributed by atoms with Gasteiger partial charge < -0.3 is 14.4 Å². The van der Waals surface area contributed by atoms with Crippen molar-refractivity contribution in [3.8, 4) is 10.9 Å². The Balaban J connectivity index is 1.24. The highest BCUT2D eigenvalue weighted by Crippen LogP contribution is 2.33. The van der Waals surface area contributed by atoms with Crippen molar-refractivity contribution < 1.29 is 22.7 Å². The van der Waals surface area contributed by atoms with Crippen LogP contribution in [0.25, 0.3) is 10.2 Å². The number of benzene rings is 2. The SMILES string of the molecule is COc1ccc(S(=O)(=O)CCCC(=O)N2CCC(Oc3nc4c(C)ccc(C)c4s3)CC2)cc1. The molecule has 1 aliphatic rings. The molecule has 2 heterocycles. The topological polar surface area (TPSA) is 85.8 Å². The molecular weight excluding hydrogens is 472 g/mol. The Hall–Kier alpha value is -2.65. The molecule has 0 aliphatic carbocycles. The number of aromatic nitrogens is 1. The number of hydrogen-bond donors (Lipinski definition) is 0. The third-order valence-corrected chi connectivity index (χ3v) is 9.11. The van der Waals surface area contributed by atoms with E-state index in [1.165, 1.54) is 24.8 Å². The van der Waals surface area contributed by atoms with Crippen molar-refractivity contribution >= 4 is 37.3 Å². The molecule has 0 N–H and O–H groups in total. The Morgan fingerprint density at radius 1 is 1.09 bits per heavy atom. The summed E-state index contributed by atoms with van der Waals surface area (Å²) in [7, 11) is -1.89. The van der Waals surface area contributed by atoms with E-state index in [0.717, 1.165) is 28.6 Å². The molecule has 1 aliphatic heterocycles. The number of aryl methyl sites for hydroxylation is 2. The number of ether oxygens (including phenoxy) is 2. The molecule has 0 saturated carbocycles. The van der Waals surface area contributed by atoms with Crippen molar-refractivity contribution in [1.82, 2.24) is 9.88 Å². The summed E-state index contributed by atoms with van der Waals surface area (Å²) in [6.07, 6.45) is 2.03. The second kappa shape index (κ2) is 10.3. The predicted octanol–water partition coefficient (Wildman–Crippen LogP) is 4.55. The highest BCUT2D eigenvalue weighted by Gasteiger charge is 2.25. The van der Waals surface area contributed by atoms with Gasteiger partial charge in [0.1, 0.15) is 11.9 Å². The van der Waals surface area contributed by atoms with Gasteiger partial charge in [-0.3, -0.25) is 4.79 Å². The van der Waals surface area contributed by atoms with Gasteiger partial charge in [-0.2, -0.15) is 0 Å². The molecule has 1 amide bonds. The number of nitrogens with zero attached hydrogens (tertiary/aromatic N) is 2. The first kappa shape index (κ1) is 24.5. The molecule has 1 saturated heterocycles. The molecule has 7 nitrogen and oxygen atoms in total. The van der Waals surface area contributed by atoms with E-state index in [9.17, 15) is 13.2 Å². The standard InChI is InChI=1S/C25H30N2O5S2/c1-17-6-7-18(2)24-23(17)26-25(33-24)32-20-12-14-27(15-13-20)22(28)5-4-16-34(29,30)21-10-8-19(31-3)9-11-21/h6-11,20H,4-5,12-16H2,1-3H3. The first-order chi connectivity index (χ1) is 16.3. The minimum absolute atomic E-state index is 0.00498. The lowest BCUT2D eigenvalue weighted by atomic mass is 10.1. The summed E-state index contributed by atoms with van der Waals surface area (Å²) in [5.74, 6) is 0.547. The molecule has 34 heavy (non-hydrogen) atoms. The van der Waals surface area contributed by atoms with Gasteiger partial charge in [0.15, 0.2) is 9.84 Å². The van der Waals surface area contributed by atoms with E-state index in [0.29, 0.717) is 30.5 Å². The van der Waals surface area contributed by atoms with Crippen LogP contribution in [0.15, 0.2) is 41.3 Å². The number of amides is 1. The van der Waals surface area contributed by atoms with Crippen molar-refractivity contribution in [2.45, 2.75) is 50.5 Å². The molecule has 0 radical (unpaired) electrons. The second-order valence-electron chi connectivity index (χ2n) is 8.65. The van der Waals surface area contributed by atoms with Gasteiger partial charge in [-0.05, 0) is 55.7 Å². The van der Waals surface area contributed by atoms with Crippen LogP contribution in [0.1, 0.15) is 36.8 Å². The number of sulfone groups is 1. The third-order valence-electron chi connectivity index (χ3n) is 6.21. The molecule has 182 valence electrons. The smallest absolute Gasteiger partial charge is 0.274 e. The average Bonchev–Trinajstić information content (AvgIpc) is 3.27. The number of piperidine rings is 1. The molecular formula is C25H30N2O5S2. The molecule has 0 spiro atoms. The average molecular weight is 503 g/mol. The van der Waals surface area contributed by atoms with Crippen molar-refractivity contribution in [2.24, 2.45) is 0 Å². The highest BCUT2D eigenvalue weighted by molar-refractivity contribution is 7.91. The van der Waals surface area contributed by atoms with Crippen molar-refractivity contribution in [1.29, 1.82) is 0 Å². The normalized spacial score (nSPS) is 15.0. The van der Waals surface area contributed by atoms with E-state index in [1.807, 2.05) is 4.90 Å². The first-order valence-corrected chi connectivity index (χ1v) is 13.9. The number of thiazole rings is 1. The lowest BCUT2D eigenvalue weighted by Gasteiger charge is -2.31. The molecule has 0 atom stereocenters. The number of rotatable bonds is 8. The van der Waals surface area contributed by atoms with Gasteiger partial charge in [0.2, 0.25) is 5.91 Å². The van der Waals surface area contributed by atoms with E-state index in [-0.39, 0.29) is 29.1 Å². The third kappa shape index (κ3) is 5.52. The summed E-state index contributed by atoms with van der Waals surface area (Å²) in [5, 5.41) is 0.681. The van der Waals surface area contributed by atoms with Gasteiger partial charge in [0, 0.05) is 32.4 Å². The number of likely N-dealkylation sites (tertiary alicyclic amines) is 1. The van der Waals surface area contributed by atoms with Crippen molar-refractivity contribution in [3.05, 3.63) is 47.5 Å². The Morgan fingerprint density at radius 3 is 2.41 bits per heavy atom. The summed E-state index contributed by atoms with van der Waals surface area (Å²) in [4.78, 5) is 19.4. The number of fused-ring (bicyclic) bond motifs is 1. The zero-order chi connectivity index (χ0) is 24.3. The van der Waals surface area contributed by atoms with Crippen LogP contribution in [-0.4, -0.2) is 56.3 Å². The van der Waals surface area contributed by atoms with Crippen LogP contribution in [0.5, 0.6) is 10.9 Å². The molecule has 0 bridgehead atoms. The van der Waals surface area contributed by atoms with Crippen LogP contribution in [-0.2, 0) is 14.6 Å². The predicted molar refractivity (Wildman–Crippen MR) is 134 cm³/mol. The van der Waals surface area contributed by atoms with E-state index < -0.39 is 9.84 Å². The van der Waals surface area contributed by atoms with Gasteiger partial charge in [0.05, 0.1) is 28.0 Å². The molecule has 2 aromatic carbocycles. The minimum atomic E-state index is -3.42. The number of hydrogen-bond acceptors (Lipinski definition) is 7. The van der Waals surface area contributed by atoms with Crippen molar-refractivity contribution in [3.63, 3.8) is 0 Å². The Morgan fingerprint density at radius 2 is 1.76 bits per heavy atom. The summed E-state index contributed by atoms with van der Waals surface area (Å²) >= 11 is 1.57. The van der Waals surface area contributed by atoms with Gasteiger partial charge >= 0.3 is 0 Å². The quantitative estimate of drug-likeness (QED) is 0.449. The lowest BCUT2D eigenvalue weighted by molar-refractivity contribution is -0.133. The molecule has 0 unspecified atom stereocenters. The van der Waals surface area contributed by atoms with Crippen LogP contribution in [0, 0.1) is 13.8 Å². The molecule has 3 aromatic rings. The van der Waals surface area contributed by atoms with Gasteiger partial charge in [-0.1, -0.05) is 23.5 Å². The zero-order valence-electron chi connectivity index (χ0n) is 19.7. The Kier molecular flexibility index (Phi) is 7.42. The minimum Gasteiger partial charge on any atom is -0.497 e. The number of carbonyl (C=O) groups is 1. The summed E-state index contributed by atoms with van der Waals surface area (Å²) in [6.45, 7) is 5.35.